The molecular formula is C13H15N3O2. The van der Waals surface area contributed by atoms with Crippen molar-refractivity contribution in [3.63, 3.8) is 0 Å². The van der Waals surface area contributed by atoms with Gasteiger partial charge in [0.15, 0.2) is 0 Å². The summed E-state index contributed by atoms with van der Waals surface area (Å²) in [6.45, 7) is 0.773. The SMILES string of the molecule is O=C(c1ccoc1)N1CCCCC1c1ncc[nH]1. The van der Waals surface area contributed by atoms with Gasteiger partial charge in [-0.15, -0.1) is 0 Å². The van der Waals surface area contributed by atoms with Crippen LogP contribution >= 0.6 is 0 Å². The third kappa shape index (κ3) is 1.92. The van der Waals surface area contributed by atoms with Crippen molar-refractivity contribution in [1.82, 2.24) is 14.9 Å². The molecule has 1 fully saturated rings. The molecule has 1 unspecified atom stereocenters. The number of hydrogen-bond acceptors (Lipinski definition) is 3. The lowest BCUT2D eigenvalue weighted by Crippen LogP contribution is -2.38. The Morgan fingerprint density at radius 1 is 1.50 bits per heavy atom. The Kier molecular flexibility index (Phi) is 2.88. The molecule has 0 bridgehead atoms. The number of aromatic nitrogens is 2. The number of imidazole rings is 1. The standard InChI is InChI=1S/C13H15N3O2/c17-13(10-4-8-18-9-10)16-7-2-1-3-11(16)12-14-5-6-15-12/h4-6,8-9,11H,1-3,7H2,(H,14,15). The lowest BCUT2D eigenvalue weighted by Gasteiger charge is -2.34. The number of nitrogens with one attached hydrogen (secondary N) is 1. The Balaban J connectivity index is 1.86. The molecule has 0 saturated carbocycles. The van der Waals surface area contributed by atoms with Crippen molar-refractivity contribution in [3.8, 4) is 0 Å². The number of likely N-dealkylation sites (tertiary alicyclic amines) is 1. The normalized spacial score (nSPS) is 20.0. The van der Waals surface area contributed by atoms with E-state index in [9.17, 15) is 4.79 Å². The number of rotatable bonds is 2. The van der Waals surface area contributed by atoms with Crippen molar-refractivity contribution >= 4 is 5.91 Å². The highest BCUT2D eigenvalue weighted by Crippen LogP contribution is 2.30. The third-order valence-electron chi connectivity index (χ3n) is 3.37. The van der Waals surface area contributed by atoms with Crippen LogP contribution in [0.2, 0.25) is 0 Å². The van der Waals surface area contributed by atoms with Gasteiger partial charge in [0.2, 0.25) is 0 Å². The number of carbonyl (C=O) groups excluding carboxylic acids is 1. The van der Waals surface area contributed by atoms with E-state index in [1.165, 1.54) is 12.5 Å². The molecule has 0 radical (unpaired) electrons. The van der Waals surface area contributed by atoms with Gasteiger partial charge in [0.05, 0.1) is 17.9 Å². The zero-order chi connectivity index (χ0) is 12.4. The molecule has 5 heteroatoms. The fourth-order valence-electron chi connectivity index (χ4n) is 2.47. The first kappa shape index (κ1) is 11.1. The van der Waals surface area contributed by atoms with Crippen molar-refractivity contribution in [2.45, 2.75) is 25.3 Å². The molecule has 1 atom stereocenters. The Labute approximate surface area is 105 Å². The summed E-state index contributed by atoms with van der Waals surface area (Å²) in [6.07, 6.45) is 9.67. The predicted molar refractivity (Wildman–Crippen MR) is 64.9 cm³/mol. The van der Waals surface area contributed by atoms with Crippen LogP contribution < -0.4 is 0 Å². The number of furan rings is 1. The maximum absolute atomic E-state index is 12.4. The fourth-order valence-corrected chi connectivity index (χ4v) is 2.47. The van der Waals surface area contributed by atoms with Crippen molar-refractivity contribution < 1.29 is 9.21 Å². The largest absolute Gasteiger partial charge is 0.472 e. The minimum atomic E-state index is 0.0184. The molecule has 0 spiro atoms. The van der Waals surface area contributed by atoms with E-state index < -0.39 is 0 Å². The monoisotopic (exact) mass is 245 g/mol. The molecule has 18 heavy (non-hydrogen) atoms. The van der Waals surface area contributed by atoms with Crippen LogP contribution in [0.4, 0.5) is 0 Å². The first-order chi connectivity index (χ1) is 8.86. The maximum atomic E-state index is 12.4. The average molecular weight is 245 g/mol. The summed E-state index contributed by atoms with van der Waals surface area (Å²) in [5, 5.41) is 0. The molecule has 1 saturated heterocycles. The van der Waals surface area contributed by atoms with Gasteiger partial charge in [0.1, 0.15) is 12.1 Å². The van der Waals surface area contributed by atoms with Gasteiger partial charge in [-0.2, -0.15) is 0 Å². The highest BCUT2D eigenvalue weighted by molar-refractivity contribution is 5.94. The molecule has 3 heterocycles. The van der Waals surface area contributed by atoms with Gasteiger partial charge in [-0.3, -0.25) is 4.79 Å². The van der Waals surface area contributed by atoms with Gasteiger partial charge < -0.3 is 14.3 Å². The Hall–Kier alpha value is -2.04. The van der Waals surface area contributed by atoms with Crippen LogP contribution in [0.3, 0.4) is 0 Å². The van der Waals surface area contributed by atoms with Crippen LogP contribution in [0.1, 0.15) is 41.5 Å². The number of amides is 1. The van der Waals surface area contributed by atoms with Crippen molar-refractivity contribution in [2.75, 3.05) is 6.54 Å². The number of H-pyrrole nitrogens is 1. The van der Waals surface area contributed by atoms with E-state index in [4.69, 9.17) is 4.42 Å². The molecular weight excluding hydrogens is 230 g/mol. The summed E-state index contributed by atoms with van der Waals surface area (Å²) >= 11 is 0. The van der Waals surface area contributed by atoms with Crippen molar-refractivity contribution in [1.29, 1.82) is 0 Å². The van der Waals surface area contributed by atoms with Crippen molar-refractivity contribution in [3.05, 3.63) is 42.4 Å². The van der Waals surface area contributed by atoms with Gasteiger partial charge in [-0.05, 0) is 25.3 Å². The van der Waals surface area contributed by atoms with E-state index in [0.717, 1.165) is 31.6 Å². The first-order valence-corrected chi connectivity index (χ1v) is 6.18. The number of piperidine rings is 1. The quantitative estimate of drug-likeness (QED) is 0.883. The highest BCUT2D eigenvalue weighted by atomic mass is 16.3. The second-order valence-corrected chi connectivity index (χ2v) is 4.50. The number of carbonyl (C=O) groups is 1. The first-order valence-electron chi connectivity index (χ1n) is 6.18. The van der Waals surface area contributed by atoms with Gasteiger partial charge in [-0.25, -0.2) is 4.98 Å². The van der Waals surface area contributed by atoms with Crippen molar-refractivity contribution in [2.24, 2.45) is 0 Å². The molecule has 0 aliphatic carbocycles. The van der Waals surface area contributed by atoms with E-state index in [1.807, 2.05) is 4.90 Å². The van der Waals surface area contributed by atoms with Gasteiger partial charge in [-0.1, -0.05) is 0 Å². The van der Waals surface area contributed by atoms with Crippen LogP contribution in [0.15, 0.2) is 35.4 Å². The fraction of sp³-hybridized carbons (Fsp3) is 0.385. The third-order valence-corrected chi connectivity index (χ3v) is 3.37. The van der Waals surface area contributed by atoms with E-state index in [1.54, 1.807) is 18.5 Å². The molecule has 0 aromatic carbocycles. The van der Waals surface area contributed by atoms with Gasteiger partial charge in [0, 0.05) is 18.9 Å². The molecule has 1 aliphatic rings. The summed E-state index contributed by atoms with van der Waals surface area (Å²) in [5.41, 5.74) is 0.605. The Morgan fingerprint density at radius 2 is 2.44 bits per heavy atom. The second kappa shape index (κ2) is 4.68. The lowest BCUT2D eigenvalue weighted by molar-refractivity contribution is 0.0600. The summed E-state index contributed by atoms with van der Waals surface area (Å²) in [5.74, 6) is 0.886. The van der Waals surface area contributed by atoms with Crippen LogP contribution in [-0.2, 0) is 0 Å². The minimum Gasteiger partial charge on any atom is -0.472 e. The molecule has 5 nitrogen and oxygen atoms in total. The zero-order valence-electron chi connectivity index (χ0n) is 10.0. The maximum Gasteiger partial charge on any atom is 0.257 e. The second-order valence-electron chi connectivity index (χ2n) is 4.50. The van der Waals surface area contributed by atoms with E-state index in [0.29, 0.717) is 5.56 Å². The Morgan fingerprint density at radius 3 is 3.17 bits per heavy atom. The van der Waals surface area contributed by atoms with Crippen LogP contribution in [-0.4, -0.2) is 27.3 Å². The van der Waals surface area contributed by atoms with Crippen LogP contribution in [0, 0.1) is 0 Å². The molecule has 3 rings (SSSR count). The highest BCUT2D eigenvalue weighted by Gasteiger charge is 2.30. The summed E-state index contributed by atoms with van der Waals surface area (Å²) in [6, 6.07) is 1.76. The molecule has 2 aromatic heterocycles. The number of aromatic amines is 1. The average Bonchev–Trinajstić information content (AvgIpc) is 3.11. The smallest absolute Gasteiger partial charge is 0.257 e. The number of nitrogens with zero attached hydrogens (tertiary/aromatic N) is 2. The summed E-state index contributed by atoms with van der Waals surface area (Å²) < 4.78 is 4.98. The van der Waals surface area contributed by atoms with E-state index in [-0.39, 0.29) is 11.9 Å². The number of hydrogen-bond donors (Lipinski definition) is 1. The van der Waals surface area contributed by atoms with E-state index >= 15 is 0 Å². The van der Waals surface area contributed by atoms with Crippen LogP contribution in [0.25, 0.3) is 0 Å². The molecule has 1 amide bonds. The molecule has 1 aliphatic heterocycles. The molecule has 94 valence electrons. The Bertz CT molecular complexity index is 504. The topological polar surface area (TPSA) is 62.1 Å². The molecule has 1 N–H and O–H groups in total. The minimum absolute atomic E-state index is 0.0184. The lowest BCUT2D eigenvalue weighted by atomic mass is 10.0. The van der Waals surface area contributed by atoms with Crippen LogP contribution in [0.5, 0.6) is 0 Å². The molecule has 2 aromatic rings. The summed E-state index contributed by atoms with van der Waals surface area (Å²) in [4.78, 5) is 21.7. The van der Waals surface area contributed by atoms with E-state index in [2.05, 4.69) is 9.97 Å². The van der Waals surface area contributed by atoms with Gasteiger partial charge >= 0.3 is 0 Å². The van der Waals surface area contributed by atoms with Gasteiger partial charge in [0.25, 0.3) is 5.91 Å². The summed E-state index contributed by atoms with van der Waals surface area (Å²) in [7, 11) is 0. The zero-order valence-corrected chi connectivity index (χ0v) is 10.0. The predicted octanol–water partition coefficient (Wildman–Crippen LogP) is 2.37.